The molecule has 4 aliphatic carbocycles. The molecule has 0 atom stereocenters. The molecule has 0 aliphatic heterocycles. The molecule has 4 saturated carbocycles. The number of benzene rings is 6. The van der Waals surface area contributed by atoms with E-state index in [2.05, 4.69) is 132 Å². The van der Waals surface area contributed by atoms with Gasteiger partial charge in [0.2, 0.25) is 0 Å². The molecule has 0 radical (unpaired) electrons. The van der Waals surface area contributed by atoms with Gasteiger partial charge < -0.3 is 8.98 Å². The molecular formula is C49H36N4OS. The molecule has 4 fully saturated rings. The second kappa shape index (κ2) is 11.1. The monoisotopic (exact) mass is 728 g/mol. The zero-order valence-corrected chi connectivity index (χ0v) is 31.0. The van der Waals surface area contributed by atoms with Gasteiger partial charge in [-0.1, -0.05) is 84.9 Å². The first-order valence-corrected chi connectivity index (χ1v) is 20.6. The number of hydrogen-bond donors (Lipinski definition) is 0. The Hall–Kier alpha value is -5.85. The molecule has 6 heteroatoms. The summed E-state index contributed by atoms with van der Waals surface area (Å²) in [5.41, 5.74) is 7.45. The molecule has 55 heavy (non-hydrogen) atoms. The van der Waals surface area contributed by atoms with E-state index in [0.29, 0.717) is 0 Å². The molecule has 0 spiro atoms. The van der Waals surface area contributed by atoms with Gasteiger partial charge in [-0.05, 0) is 98.7 Å². The Morgan fingerprint density at radius 1 is 0.564 bits per heavy atom. The summed E-state index contributed by atoms with van der Waals surface area (Å²) in [7, 11) is 0. The van der Waals surface area contributed by atoms with Gasteiger partial charge in [-0.25, -0.2) is 15.0 Å². The number of fused-ring (bicyclic) bond motifs is 12. The third kappa shape index (κ3) is 4.32. The summed E-state index contributed by atoms with van der Waals surface area (Å²) in [5.74, 6) is 4.99. The Balaban J connectivity index is 1.04. The molecule has 10 aromatic rings. The standard InChI is InChI=1S/C49H36N4OS/c1-2-10-31(11-3-1)46-50-47(52-48(51-46)49-25-28-22-29(26-49)24-30(23-28)27-49)32-18-20-33(21-19-32)53-37-15-7-4-12-34(37)40-41-36-14-6-9-17-39(36)55-45(41)44-42(43(40)53)35-13-5-8-16-38(35)54-44/h1-21,28-30H,22-27H2. The molecule has 5 nitrogen and oxygen atoms in total. The Kier molecular flexibility index (Phi) is 6.16. The van der Waals surface area contributed by atoms with E-state index >= 15 is 0 Å². The van der Waals surface area contributed by atoms with Gasteiger partial charge in [0.1, 0.15) is 11.4 Å². The van der Waals surface area contributed by atoms with Crippen LogP contribution in [0.2, 0.25) is 0 Å². The highest BCUT2D eigenvalue weighted by molar-refractivity contribution is 7.27. The minimum absolute atomic E-state index is 0.0643. The van der Waals surface area contributed by atoms with Crippen molar-refractivity contribution >= 4 is 75.3 Å². The number of rotatable bonds is 4. The molecule has 6 aromatic carbocycles. The highest BCUT2D eigenvalue weighted by Crippen LogP contribution is 2.60. The van der Waals surface area contributed by atoms with Gasteiger partial charge in [0, 0.05) is 53.9 Å². The zero-order valence-electron chi connectivity index (χ0n) is 30.2. The van der Waals surface area contributed by atoms with Crippen LogP contribution in [0.4, 0.5) is 0 Å². The number of thiophene rings is 1. The first-order valence-electron chi connectivity index (χ1n) is 19.8. The van der Waals surface area contributed by atoms with E-state index in [9.17, 15) is 0 Å². The lowest BCUT2D eigenvalue weighted by Crippen LogP contribution is -2.49. The van der Waals surface area contributed by atoms with E-state index < -0.39 is 0 Å². The van der Waals surface area contributed by atoms with Crippen molar-refractivity contribution in [3.05, 3.63) is 133 Å². The van der Waals surface area contributed by atoms with Crippen LogP contribution in [-0.2, 0) is 5.41 Å². The van der Waals surface area contributed by atoms with E-state index in [1.165, 1.54) is 80.5 Å². The van der Waals surface area contributed by atoms with Gasteiger partial charge >= 0.3 is 0 Å². The number of aromatic nitrogens is 4. The molecule has 0 unspecified atom stereocenters. The van der Waals surface area contributed by atoms with E-state index in [-0.39, 0.29) is 5.41 Å². The number of furan rings is 1. The molecule has 0 amide bonds. The topological polar surface area (TPSA) is 56.7 Å². The van der Waals surface area contributed by atoms with Crippen LogP contribution in [0, 0.1) is 17.8 Å². The van der Waals surface area contributed by atoms with Gasteiger partial charge in [0.15, 0.2) is 17.2 Å². The van der Waals surface area contributed by atoms with Crippen LogP contribution in [0.15, 0.2) is 132 Å². The molecule has 4 heterocycles. The smallest absolute Gasteiger partial charge is 0.163 e. The van der Waals surface area contributed by atoms with Crippen LogP contribution in [0.1, 0.15) is 44.3 Å². The lowest BCUT2D eigenvalue weighted by molar-refractivity contribution is -0.00938. The van der Waals surface area contributed by atoms with Crippen molar-refractivity contribution < 1.29 is 4.42 Å². The van der Waals surface area contributed by atoms with E-state index in [4.69, 9.17) is 19.4 Å². The van der Waals surface area contributed by atoms with Crippen LogP contribution >= 0.6 is 11.3 Å². The average Bonchev–Trinajstić information content (AvgIpc) is 3.91. The maximum Gasteiger partial charge on any atom is 0.163 e. The molecule has 4 aromatic heterocycles. The Bertz CT molecular complexity index is 3150. The van der Waals surface area contributed by atoms with Crippen molar-refractivity contribution in [3.63, 3.8) is 0 Å². The molecular weight excluding hydrogens is 693 g/mol. The van der Waals surface area contributed by atoms with Crippen LogP contribution in [-0.4, -0.2) is 19.5 Å². The van der Waals surface area contributed by atoms with E-state index in [1.54, 1.807) is 0 Å². The fourth-order valence-electron chi connectivity index (χ4n) is 11.5. The van der Waals surface area contributed by atoms with Crippen molar-refractivity contribution in [1.29, 1.82) is 0 Å². The maximum atomic E-state index is 6.79. The predicted octanol–water partition coefficient (Wildman–Crippen LogP) is 13.0. The minimum atomic E-state index is 0.0643. The highest BCUT2D eigenvalue weighted by Gasteiger charge is 2.53. The lowest BCUT2D eigenvalue weighted by atomic mass is 9.49. The van der Waals surface area contributed by atoms with Crippen molar-refractivity contribution in [3.8, 4) is 28.5 Å². The van der Waals surface area contributed by atoms with Crippen molar-refractivity contribution in [2.75, 3.05) is 0 Å². The molecule has 0 saturated heterocycles. The maximum absolute atomic E-state index is 6.79. The molecule has 4 aliphatic rings. The molecule has 4 bridgehead atoms. The SMILES string of the molecule is c1ccc(-c2nc(-c3ccc(-n4c5ccccc5c5c6c7ccccc7sc6c6oc7ccccc7c6c54)cc3)nc(C34CC5CC(CC(C5)C3)C4)n2)cc1. The average molecular weight is 729 g/mol. The lowest BCUT2D eigenvalue weighted by Gasteiger charge is -2.56. The summed E-state index contributed by atoms with van der Waals surface area (Å²) in [6.45, 7) is 0. The third-order valence-corrected chi connectivity index (χ3v) is 14.5. The van der Waals surface area contributed by atoms with Gasteiger partial charge in [0.25, 0.3) is 0 Å². The van der Waals surface area contributed by atoms with Gasteiger partial charge in [0.05, 0.1) is 21.1 Å². The summed E-state index contributed by atoms with van der Waals surface area (Å²) in [6.07, 6.45) is 7.82. The van der Waals surface area contributed by atoms with E-state index in [1.807, 2.05) is 11.3 Å². The summed E-state index contributed by atoms with van der Waals surface area (Å²) >= 11 is 1.83. The fraction of sp³-hybridized carbons (Fsp3) is 0.204. The quantitative estimate of drug-likeness (QED) is 0.181. The number of para-hydroxylation sites is 2. The fourth-order valence-corrected chi connectivity index (χ4v) is 12.7. The van der Waals surface area contributed by atoms with Crippen LogP contribution in [0.3, 0.4) is 0 Å². The summed E-state index contributed by atoms with van der Waals surface area (Å²) in [5, 5.41) is 7.36. The highest BCUT2D eigenvalue weighted by atomic mass is 32.1. The van der Waals surface area contributed by atoms with E-state index in [0.717, 1.165) is 74.0 Å². The molecule has 14 rings (SSSR count). The van der Waals surface area contributed by atoms with Gasteiger partial charge in [-0.15, -0.1) is 11.3 Å². The Labute approximate surface area is 321 Å². The number of hydrogen-bond acceptors (Lipinski definition) is 5. The first kappa shape index (κ1) is 30.5. The number of nitrogens with zero attached hydrogens (tertiary/aromatic N) is 4. The zero-order chi connectivity index (χ0) is 35.8. The molecule has 0 N–H and O–H groups in total. The first-order chi connectivity index (χ1) is 27.2. The summed E-state index contributed by atoms with van der Waals surface area (Å²) < 4.78 is 11.7. The summed E-state index contributed by atoms with van der Waals surface area (Å²) in [4.78, 5) is 15.9. The largest absolute Gasteiger partial charge is 0.454 e. The minimum Gasteiger partial charge on any atom is -0.454 e. The second-order valence-corrected chi connectivity index (χ2v) is 17.7. The van der Waals surface area contributed by atoms with Gasteiger partial charge in [-0.2, -0.15) is 0 Å². The van der Waals surface area contributed by atoms with Crippen LogP contribution in [0.5, 0.6) is 0 Å². The van der Waals surface area contributed by atoms with Gasteiger partial charge in [-0.3, -0.25) is 0 Å². The van der Waals surface area contributed by atoms with Crippen molar-refractivity contribution in [1.82, 2.24) is 19.5 Å². The normalized spacial score (nSPS) is 22.0. The predicted molar refractivity (Wildman–Crippen MR) is 225 cm³/mol. The van der Waals surface area contributed by atoms with Crippen molar-refractivity contribution in [2.24, 2.45) is 17.8 Å². The second-order valence-electron chi connectivity index (χ2n) is 16.6. The van der Waals surface area contributed by atoms with Crippen LogP contribution in [0.25, 0.3) is 92.4 Å². The van der Waals surface area contributed by atoms with Crippen molar-refractivity contribution in [2.45, 2.75) is 43.9 Å². The van der Waals surface area contributed by atoms with Crippen LogP contribution < -0.4 is 0 Å². The Morgan fingerprint density at radius 2 is 1.18 bits per heavy atom. The molecule has 264 valence electrons. The third-order valence-electron chi connectivity index (χ3n) is 13.3. The summed E-state index contributed by atoms with van der Waals surface area (Å²) in [6, 6.07) is 45.5. The Morgan fingerprint density at radius 3 is 1.93 bits per heavy atom.